The van der Waals surface area contributed by atoms with E-state index in [1.54, 1.807) is 25.1 Å². The monoisotopic (exact) mass is 329 g/mol. The molecule has 3 rings (SSSR count). The quantitative estimate of drug-likeness (QED) is 0.894. The summed E-state index contributed by atoms with van der Waals surface area (Å²) in [5.41, 5.74) is 1.23. The Morgan fingerprint density at radius 3 is 2.54 bits per heavy atom. The SMILES string of the molecule is Cc1cc(C(=O)Nc2ccc(OC3CCCCC3O)cc2)c(C)o1. The highest BCUT2D eigenvalue weighted by atomic mass is 16.5. The molecule has 2 atom stereocenters. The molecule has 2 unspecified atom stereocenters. The van der Waals surface area contributed by atoms with Gasteiger partial charge in [-0.05, 0) is 63.4 Å². The van der Waals surface area contributed by atoms with E-state index in [1.807, 2.05) is 19.1 Å². The number of furan rings is 1. The first-order chi connectivity index (χ1) is 11.5. The predicted molar refractivity (Wildman–Crippen MR) is 91.5 cm³/mol. The van der Waals surface area contributed by atoms with Crippen molar-refractivity contribution in [1.29, 1.82) is 0 Å². The van der Waals surface area contributed by atoms with Crippen LogP contribution in [0.5, 0.6) is 5.75 Å². The summed E-state index contributed by atoms with van der Waals surface area (Å²) in [4.78, 5) is 12.3. The zero-order valence-electron chi connectivity index (χ0n) is 14.0. The molecule has 24 heavy (non-hydrogen) atoms. The third-order valence-electron chi connectivity index (χ3n) is 4.35. The molecule has 5 heteroatoms. The second kappa shape index (κ2) is 7.09. The zero-order valence-corrected chi connectivity index (χ0v) is 14.0. The van der Waals surface area contributed by atoms with Gasteiger partial charge in [-0.25, -0.2) is 0 Å². The first-order valence-corrected chi connectivity index (χ1v) is 8.36. The summed E-state index contributed by atoms with van der Waals surface area (Å²) in [7, 11) is 0. The van der Waals surface area contributed by atoms with Gasteiger partial charge in [-0.1, -0.05) is 6.42 Å². The van der Waals surface area contributed by atoms with E-state index in [-0.39, 0.29) is 12.0 Å². The molecule has 1 fully saturated rings. The van der Waals surface area contributed by atoms with Crippen molar-refractivity contribution in [2.45, 2.75) is 51.7 Å². The average molecular weight is 329 g/mol. The maximum absolute atomic E-state index is 12.3. The summed E-state index contributed by atoms with van der Waals surface area (Å²) in [6.45, 7) is 3.59. The maximum Gasteiger partial charge on any atom is 0.259 e. The molecular weight excluding hydrogens is 306 g/mol. The minimum absolute atomic E-state index is 0.143. The molecule has 0 bridgehead atoms. The van der Waals surface area contributed by atoms with Crippen molar-refractivity contribution >= 4 is 11.6 Å². The smallest absolute Gasteiger partial charge is 0.259 e. The van der Waals surface area contributed by atoms with Crippen LogP contribution in [0, 0.1) is 13.8 Å². The Morgan fingerprint density at radius 2 is 1.92 bits per heavy atom. The van der Waals surface area contributed by atoms with E-state index in [0.29, 0.717) is 28.5 Å². The second-order valence-electron chi connectivity index (χ2n) is 6.31. The fraction of sp³-hybridized carbons (Fsp3) is 0.421. The molecule has 2 N–H and O–H groups in total. The van der Waals surface area contributed by atoms with Gasteiger partial charge in [-0.3, -0.25) is 4.79 Å². The lowest BCUT2D eigenvalue weighted by Crippen LogP contribution is -2.34. The normalized spacial score (nSPS) is 20.6. The van der Waals surface area contributed by atoms with E-state index in [9.17, 15) is 9.90 Å². The van der Waals surface area contributed by atoms with Crippen LogP contribution < -0.4 is 10.1 Å². The van der Waals surface area contributed by atoms with Gasteiger partial charge in [0.1, 0.15) is 23.4 Å². The third-order valence-corrected chi connectivity index (χ3v) is 4.35. The van der Waals surface area contributed by atoms with Crippen LogP contribution in [0.25, 0.3) is 0 Å². The lowest BCUT2D eigenvalue weighted by atomic mass is 9.95. The Labute approximate surface area is 141 Å². The van der Waals surface area contributed by atoms with Gasteiger partial charge in [0.2, 0.25) is 0 Å². The summed E-state index contributed by atoms with van der Waals surface area (Å²) in [5.74, 6) is 1.83. The van der Waals surface area contributed by atoms with E-state index in [0.717, 1.165) is 25.7 Å². The Morgan fingerprint density at radius 1 is 1.21 bits per heavy atom. The van der Waals surface area contributed by atoms with Gasteiger partial charge in [0.25, 0.3) is 5.91 Å². The molecule has 5 nitrogen and oxygen atoms in total. The highest BCUT2D eigenvalue weighted by Gasteiger charge is 2.24. The van der Waals surface area contributed by atoms with Crippen molar-refractivity contribution in [3.8, 4) is 5.75 Å². The van der Waals surface area contributed by atoms with Crippen molar-refractivity contribution in [2.24, 2.45) is 0 Å². The standard InChI is InChI=1S/C19H23NO4/c1-12-11-16(13(2)23-12)19(22)20-14-7-9-15(10-8-14)24-18-6-4-3-5-17(18)21/h7-11,17-18,21H,3-6H2,1-2H3,(H,20,22). The first-order valence-electron chi connectivity index (χ1n) is 8.36. The van der Waals surface area contributed by atoms with E-state index < -0.39 is 6.10 Å². The van der Waals surface area contributed by atoms with Gasteiger partial charge in [0.05, 0.1) is 11.7 Å². The zero-order chi connectivity index (χ0) is 17.1. The van der Waals surface area contributed by atoms with E-state index >= 15 is 0 Å². The number of aliphatic hydroxyl groups is 1. The topological polar surface area (TPSA) is 71.7 Å². The number of rotatable bonds is 4. The Bertz CT molecular complexity index is 705. The fourth-order valence-corrected chi connectivity index (χ4v) is 3.06. The number of nitrogens with one attached hydrogen (secondary N) is 1. The molecule has 0 saturated heterocycles. The molecule has 1 aliphatic rings. The molecule has 0 aliphatic heterocycles. The summed E-state index contributed by atoms with van der Waals surface area (Å²) < 4.78 is 11.2. The van der Waals surface area contributed by atoms with Crippen LogP contribution in [-0.4, -0.2) is 23.2 Å². The fourth-order valence-electron chi connectivity index (χ4n) is 3.06. The van der Waals surface area contributed by atoms with Crippen LogP contribution in [0.2, 0.25) is 0 Å². The summed E-state index contributed by atoms with van der Waals surface area (Å²) in [6.07, 6.45) is 3.26. The molecule has 1 heterocycles. The minimum atomic E-state index is -0.398. The molecule has 1 saturated carbocycles. The van der Waals surface area contributed by atoms with E-state index in [4.69, 9.17) is 9.15 Å². The molecule has 128 valence electrons. The Kier molecular flexibility index (Phi) is 4.90. The molecular formula is C19H23NO4. The number of carbonyl (C=O) groups is 1. The predicted octanol–water partition coefficient (Wildman–Crippen LogP) is 3.83. The van der Waals surface area contributed by atoms with Crippen LogP contribution in [0.4, 0.5) is 5.69 Å². The number of aliphatic hydroxyl groups excluding tert-OH is 1. The number of benzene rings is 1. The Balaban J connectivity index is 1.62. The molecule has 1 aromatic carbocycles. The van der Waals surface area contributed by atoms with Crippen LogP contribution >= 0.6 is 0 Å². The number of hydrogen-bond acceptors (Lipinski definition) is 4. The minimum Gasteiger partial charge on any atom is -0.488 e. The van der Waals surface area contributed by atoms with Crippen molar-refractivity contribution in [1.82, 2.24) is 0 Å². The van der Waals surface area contributed by atoms with Gasteiger partial charge in [0.15, 0.2) is 0 Å². The number of aryl methyl sites for hydroxylation is 2. The van der Waals surface area contributed by atoms with Crippen LogP contribution in [0.1, 0.15) is 47.6 Å². The summed E-state index contributed by atoms with van der Waals surface area (Å²) in [5, 5.41) is 12.8. The Hall–Kier alpha value is -2.27. The average Bonchev–Trinajstić information content (AvgIpc) is 2.90. The lowest BCUT2D eigenvalue weighted by molar-refractivity contribution is 0.00688. The van der Waals surface area contributed by atoms with Gasteiger partial charge >= 0.3 is 0 Å². The highest BCUT2D eigenvalue weighted by Crippen LogP contribution is 2.25. The summed E-state index contributed by atoms with van der Waals surface area (Å²) in [6, 6.07) is 8.94. The number of hydrogen-bond donors (Lipinski definition) is 2. The largest absolute Gasteiger partial charge is 0.488 e. The third kappa shape index (κ3) is 3.79. The molecule has 1 aromatic heterocycles. The van der Waals surface area contributed by atoms with Crippen molar-refractivity contribution in [3.63, 3.8) is 0 Å². The van der Waals surface area contributed by atoms with Crippen molar-refractivity contribution in [2.75, 3.05) is 5.32 Å². The van der Waals surface area contributed by atoms with Crippen LogP contribution in [-0.2, 0) is 0 Å². The lowest BCUT2D eigenvalue weighted by Gasteiger charge is -2.28. The number of carbonyl (C=O) groups excluding carboxylic acids is 1. The molecule has 1 amide bonds. The van der Waals surface area contributed by atoms with Gasteiger partial charge in [0, 0.05) is 5.69 Å². The molecule has 0 radical (unpaired) electrons. The number of amides is 1. The second-order valence-corrected chi connectivity index (χ2v) is 6.31. The molecule has 2 aromatic rings. The molecule has 1 aliphatic carbocycles. The van der Waals surface area contributed by atoms with Crippen LogP contribution in [0.3, 0.4) is 0 Å². The van der Waals surface area contributed by atoms with Crippen LogP contribution in [0.15, 0.2) is 34.7 Å². The van der Waals surface area contributed by atoms with Gasteiger partial charge in [-0.15, -0.1) is 0 Å². The first kappa shape index (κ1) is 16.6. The van der Waals surface area contributed by atoms with Crippen molar-refractivity contribution in [3.05, 3.63) is 47.4 Å². The van der Waals surface area contributed by atoms with Crippen molar-refractivity contribution < 1.29 is 19.1 Å². The number of anilines is 1. The maximum atomic E-state index is 12.3. The van der Waals surface area contributed by atoms with Gasteiger partial charge in [-0.2, -0.15) is 0 Å². The van der Waals surface area contributed by atoms with E-state index in [2.05, 4.69) is 5.32 Å². The van der Waals surface area contributed by atoms with E-state index in [1.165, 1.54) is 0 Å². The molecule has 0 spiro atoms. The summed E-state index contributed by atoms with van der Waals surface area (Å²) >= 11 is 0. The number of ether oxygens (including phenoxy) is 1. The highest BCUT2D eigenvalue weighted by molar-refractivity contribution is 6.05. The van der Waals surface area contributed by atoms with Gasteiger partial charge < -0.3 is 19.6 Å².